The van der Waals surface area contributed by atoms with Crippen molar-refractivity contribution in [3.8, 4) is 5.75 Å². The molecule has 0 aromatic heterocycles. The van der Waals surface area contributed by atoms with Crippen molar-refractivity contribution >= 4 is 17.8 Å². The number of hydrogen-bond acceptors (Lipinski definition) is 8. The van der Waals surface area contributed by atoms with E-state index in [4.69, 9.17) is 19.3 Å². The van der Waals surface area contributed by atoms with Gasteiger partial charge in [0.2, 0.25) is 11.8 Å². The van der Waals surface area contributed by atoms with E-state index in [0.717, 1.165) is 32.1 Å². The van der Waals surface area contributed by atoms with Crippen LogP contribution in [0, 0.1) is 5.92 Å². The number of aliphatic hydroxyl groups is 1. The Balaban J connectivity index is 1.51. The van der Waals surface area contributed by atoms with Crippen LogP contribution in [0.4, 0.5) is 0 Å². The number of aliphatic hydroxyl groups excluding tert-OH is 1. The van der Waals surface area contributed by atoms with Gasteiger partial charge in [-0.05, 0) is 42.9 Å². The van der Waals surface area contributed by atoms with Crippen LogP contribution in [-0.2, 0) is 35.0 Å². The lowest BCUT2D eigenvalue weighted by atomic mass is 9.83. The molecule has 198 valence electrons. The molecule has 0 radical (unpaired) electrons. The molecule has 1 aliphatic carbocycles. The molecule has 0 spiro atoms. The summed E-state index contributed by atoms with van der Waals surface area (Å²) in [5, 5.41) is 21.8. The highest BCUT2D eigenvalue weighted by Gasteiger charge is 2.56. The third-order valence-corrected chi connectivity index (χ3v) is 7.33. The summed E-state index contributed by atoms with van der Waals surface area (Å²) in [7, 11) is 1.27. The summed E-state index contributed by atoms with van der Waals surface area (Å²) in [5.74, 6) is -1.22. The van der Waals surface area contributed by atoms with E-state index in [2.05, 4.69) is 5.32 Å². The second-order valence-corrected chi connectivity index (χ2v) is 9.82. The van der Waals surface area contributed by atoms with Crippen LogP contribution in [0.5, 0.6) is 5.75 Å². The van der Waals surface area contributed by atoms with Crippen molar-refractivity contribution in [1.29, 1.82) is 0 Å². The Bertz CT molecular complexity index is 934. The summed E-state index contributed by atoms with van der Waals surface area (Å²) in [4.78, 5) is 41.1. The number of ether oxygens (including phenoxy) is 3. The molecule has 1 aromatic carbocycles. The highest BCUT2D eigenvalue weighted by molar-refractivity contribution is 5.92. The maximum atomic E-state index is 13.9. The Labute approximate surface area is 210 Å². The molecule has 3 fully saturated rings. The molecule has 5 atom stereocenters. The van der Waals surface area contributed by atoms with Crippen LogP contribution in [0.2, 0.25) is 0 Å². The number of carbonyl (C=O) groups excluding carboxylic acids is 3. The first-order valence-electron chi connectivity index (χ1n) is 12.8. The number of nitrogens with one attached hydrogen (secondary N) is 1. The number of phenolic OH excluding ortho intramolecular Hbond substituents is 1. The maximum Gasteiger partial charge on any atom is 0.331 e. The van der Waals surface area contributed by atoms with Crippen LogP contribution < -0.4 is 5.32 Å². The van der Waals surface area contributed by atoms with Gasteiger partial charge >= 0.3 is 5.97 Å². The SMILES string of the molecule is COC(=O)[C@@H]1[C@H]2OC(CCCO)O[C@H]2CN1C(=O)[C@@H](NC(=O)Cc1cccc(O)c1)C1CCCCC1. The number of nitrogens with zero attached hydrogens (tertiary/aromatic N) is 1. The summed E-state index contributed by atoms with van der Waals surface area (Å²) in [6, 6.07) is 4.71. The van der Waals surface area contributed by atoms with Crippen LogP contribution in [0.1, 0.15) is 50.5 Å². The fourth-order valence-corrected chi connectivity index (χ4v) is 5.58. The zero-order chi connectivity index (χ0) is 25.7. The fraction of sp³-hybridized carbons (Fsp3) is 0.654. The summed E-state index contributed by atoms with van der Waals surface area (Å²) >= 11 is 0. The standard InChI is InChI=1S/C26H36N2O8/c1-34-26(33)23-24-19(35-21(36-24)11-6-12-29)15-28(23)25(32)22(17-8-3-2-4-9-17)27-20(31)14-16-7-5-10-18(30)13-16/h5,7,10,13,17,19,21-24,29-30H,2-4,6,8-9,11-12,14-15H2,1H3,(H,27,31)/t19-,21?,22-,23-,24-/m0/s1. The van der Waals surface area contributed by atoms with Crippen molar-refractivity contribution in [2.75, 3.05) is 20.3 Å². The Kier molecular flexibility index (Phi) is 8.81. The molecule has 3 N–H and O–H groups in total. The average molecular weight is 505 g/mol. The van der Waals surface area contributed by atoms with Gasteiger partial charge in [0.25, 0.3) is 0 Å². The molecule has 10 nitrogen and oxygen atoms in total. The van der Waals surface area contributed by atoms with E-state index in [1.54, 1.807) is 12.1 Å². The normalized spacial score (nSPS) is 26.9. The predicted molar refractivity (Wildman–Crippen MR) is 128 cm³/mol. The highest BCUT2D eigenvalue weighted by atomic mass is 16.7. The second kappa shape index (κ2) is 12.0. The maximum absolute atomic E-state index is 13.9. The van der Waals surface area contributed by atoms with Gasteiger partial charge in [0, 0.05) is 13.0 Å². The minimum Gasteiger partial charge on any atom is -0.508 e. The first-order chi connectivity index (χ1) is 17.4. The lowest BCUT2D eigenvalue weighted by Gasteiger charge is -2.35. The van der Waals surface area contributed by atoms with E-state index in [9.17, 15) is 19.5 Å². The van der Waals surface area contributed by atoms with Gasteiger partial charge in [0.05, 0.1) is 20.1 Å². The number of methoxy groups -OCH3 is 1. The first-order valence-corrected chi connectivity index (χ1v) is 12.8. The quantitative estimate of drug-likeness (QED) is 0.428. The van der Waals surface area contributed by atoms with Gasteiger partial charge < -0.3 is 34.6 Å². The van der Waals surface area contributed by atoms with E-state index in [1.807, 2.05) is 0 Å². The molecule has 0 bridgehead atoms. The van der Waals surface area contributed by atoms with Gasteiger partial charge in [-0.15, -0.1) is 0 Å². The van der Waals surface area contributed by atoms with Crippen LogP contribution in [0.15, 0.2) is 24.3 Å². The average Bonchev–Trinajstić information content (AvgIpc) is 3.43. The van der Waals surface area contributed by atoms with E-state index in [-0.39, 0.29) is 43.1 Å². The number of aromatic hydroxyl groups is 1. The summed E-state index contributed by atoms with van der Waals surface area (Å²) < 4.78 is 16.9. The third kappa shape index (κ3) is 5.99. The van der Waals surface area contributed by atoms with Gasteiger partial charge in [-0.2, -0.15) is 0 Å². The number of phenols is 1. The van der Waals surface area contributed by atoms with Gasteiger partial charge in [0.1, 0.15) is 24.0 Å². The molecule has 1 unspecified atom stereocenters. The number of rotatable bonds is 9. The topological polar surface area (TPSA) is 135 Å². The smallest absolute Gasteiger partial charge is 0.331 e. The van der Waals surface area contributed by atoms with Crippen molar-refractivity contribution in [2.24, 2.45) is 5.92 Å². The fourth-order valence-electron chi connectivity index (χ4n) is 5.58. The van der Waals surface area contributed by atoms with E-state index < -0.39 is 36.6 Å². The number of esters is 1. The van der Waals surface area contributed by atoms with Gasteiger partial charge in [0.15, 0.2) is 12.3 Å². The number of carbonyl (C=O) groups is 3. The number of benzene rings is 1. The lowest BCUT2D eigenvalue weighted by Crippen LogP contribution is -2.56. The molecule has 2 amide bonds. The summed E-state index contributed by atoms with van der Waals surface area (Å²) in [5.41, 5.74) is 0.640. The molecule has 2 heterocycles. The number of fused-ring (bicyclic) bond motifs is 1. The van der Waals surface area contributed by atoms with Gasteiger partial charge in [-0.1, -0.05) is 31.4 Å². The molecule has 2 aliphatic heterocycles. The third-order valence-electron chi connectivity index (χ3n) is 7.33. The molecule has 4 rings (SSSR count). The molecule has 1 saturated carbocycles. The second-order valence-electron chi connectivity index (χ2n) is 9.82. The largest absolute Gasteiger partial charge is 0.508 e. The number of hydrogen-bond donors (Lipinski definition) is 3. The van der Waals surface area contributed by atoms with Crippen LogP contribution >= 0.6 is 0 Å². The Morgan fingerprint density at radius 3 is 2.67 bits per heavy atom. The molecule has 1 aromatic rings. The van der Waals surface area contributed by atoms with Crippen molar-refractivity contribution in [3.63, 3.8) is 0 Å². The van der Waals surface area contributed by atoms with Crippen molar-refractivity contribution in [3.05, 3.63) is 29.8 Å². The highest BCUT2D eigenvalue weighted by Crippen LogP contribution is 2.36. The Hall–Kier alpha value is -2.69. The number of amides is 2. The summed E-state index contributed by atoms with van der Waals surface area (Å²) in [6.07, 6.45) is 3.96. The minimum atomic E-state index is -0.972. The molecule has 36 heavy (non-hydrogen) atoms. The zero-order valence-electron chi connectivity index (χ0n) is 20.6. The molecule has 2 saturated heterocycles. The van der Waals surface area contributed by atoms with Crippen LogP contribution in [0.3, 0.4) is 0 Å². The van der Waals surface area contributed by atoms with Crippen molar-refractivity contribution in [1.82, 2.24) is 10.2 Å². The van der Waals surface area contributed by atoms with Crippen molar-refractivity contribution < 1.29 is 38.8 Å². The Morgan fingerprint density at radius 2 is 1.97 bits per heavy atom. The van der Waals surface area contributed by atoms with Gasteiger partial charge in [-0.3, -0.25) is 9.59 Å². The molecule has 10 heteroatoms. The Morgan fingerprint density at radius 1 is 1.19 bits per heavy atom. The van der Waals surface area contributed by atoms with E-state index in [0.29, 0.717) is 18.4 Å². The zero-order valence-corrected chi connectivity index (χ0v) is 20.6. The first kappa shape index (κ1) is 26.4. The number of likely N-dealkylation sites (tertiary alicyclic amines) is 1. The van der Waals surface area contributed by atoms with Crippen LogP contribution in [0.25, 0.3) is 0 Å². The van der Waals surface area contributed by atoms with E-state index in [1.165, 1.54) is 24.1 Å². The molecule has 3 aliphatic rings. The van der Waals surface area contributed by atoms with Crippen molar-refractivity contribution in [2.45, 2.75) is 81.9 Å². The van der Waals surface area contributed by atoms with Crippen LogP contribution in [-0.4, -0.2) is 83.7 Å². The minimum absolute atomic E-state index is 0.00889. The summed E-state index contributed by atoms with van der Waals surface area (Å²) in [6.45, 7) is 0.166. The predicted octanol–water partition coefficient (Wildman–Crippen LogP) is 1.27. The van der Waals surface area contributed by atoms with E-state index >= 15 is 0 Å². The monoisotopic (exact) mass is 504 g/mol. The molecular formula is C26H36N2O8. The lowest BCUT2D eigenvalue weighted by molar-refractivity contribution is -0.160. The van der Waals surface area contributed by atoms with Gasteiger partial charge in [-0.25, -0.2) is 4.79 Å². The molecular weight excluding hydrogens is 468 g/mol.